The van der Waals surface area contributed by atoms with Crippen molar-refractivity contribution in [3.05, 3.63) is 65.7 Å². The Hall–Kier alpha value is -5.45. The topological polar surface area (TPSA) is 223 Å². The number of ether oxygens (including phenoxy) is 1. The van der Waals surface area contributed by atoms with Crippen LogP contribution in [0.3, 0.4) is 0 Å². The third kappa shape index (κ3) is 13.0. The minimum atomic E-state index is -1.04. The van der Waals surface area contributed by atoms with Gasteiger partial charge >= 0.3 is 30.2 Å². The van der Waals surface area contributed by atoms with Crippen LogP contribution in [0.15, 0.2) is 54.6 Å². The Morgan fingerprint density at radius 2 is 1.32 bits per heavy atom. The summed E-state index contributed by atoms with van der Waals surface area (Å²) in [6.07, 6.45) is -0.792. The maximum Gasteiger partial charge on any atom is 0.429 e. The van der Waals surface area contributed by atoms with Crippen molar-refractivity contribution in [3.8, 4) is 5.75 Å². The van der Waals surface area contributed by atoms with Crippen molar-refractivity contribution in [2.24, 2.45) is 11.8 Å². The highest BCUT2D eigenvalue weighted by atomic mass is 16.6. The molecule has 9 amide bonds. The van der Waals surface area contributed by atoms with Gasteiger partial charge in [0.2, 0.25) is 0 Å². The zero-order valence-electron chi connectivity index (χ0n) is 25.2. The fourth-order valence-electron chi connectivity index (χ4n) is 3.31. The summed E-state index contributed by atoms with van der Waals surface area (Å²) in [5.74, 6) is 5.71. The molecule has 9 N–H and O–H groups in total. The van der Waals surface area contributed by atoms with E-state index in [4.69, 9.17) is 10.6 Å². The summed E-state index contributed by atoms with van der Waals surface area (Å²) in [6, 6.07) is 10.8. The number of nitrogens with zero attached hydrogens (tertiary/aromatic N) is 3. The molecule has 0 aliphatic rings. The van der Waals surface area contributed by atoms with Gasteiger partial charge in [0.15, 0.2) is 0 Å². The second kappa shape index (κ2) is 16.3. The molecule has 0 unspecified atom stereocenters. The van der Waals surface area contributed by atoms with E-state index in [2.05, 4.69) is 21.7 Å². The SMILES string of the molecule is CC(C)CN(NC(=O)NN(Cc1ccccc1)C(=O)NNC(=O)NNC(=O)N(N)Cc1ccc(O)cc1)C(=O)OC(C)(C)C. The Labute approximate surface area is 254 Å². The minimum Gasteiger partial charge on any atom is -0.508 e. The number of urea groups is 4. The summed E-state index contributed by atoms with van der Waals surface area (Å²) in [7, 11) is 0. The lowest BCUT2D eigenvalue weighted by Crippen LogP contribution is -2.61. The molecule has 2 aromatic carbocycles. The van der Waals surface area contributed by atoms with Gasteiger partial charge in [-0.3, -0.25) is 5.01 Å². The first-order valence-electron chi connectivity index (χ1n) is 13.5. The Kier molecular flexibility index (Phi) is 12.8. The summed E-state index contributed by atoms with van der Waals surface area (Å²) in [6.45, 7) is 8.69. The van der Waals surface area contributed by atoms with Crippen molar-refractivity contribution in [1.82, 2.24) is 47.6 Å². The number of amides is 9. The standard InChI is InChI=1S/C27H40N10O7/c1-18(2)15-37(26(43)44-27(3,4)5)34-23(40)33-36(17-19-9-7-6-8-10-19)25(42)32-30-22(39)29-31-24(41)35(28)16-20-11-13-21(38)14-12-20/h6-14,18,38H,15-17,28H2,1-5H3,(H,31,41)(H,32,42)(H2,29,30,39)(H2,33,34,40). The van der Waals surface area contributed by atoms with Crippen LogP contribution in [-0.4, -0.2) is 62.5 Å². The van der Waals surface area contributed by atoms with Gasteiger partial charge in [-0.05, 0) is 49.9 Å². The van der Waals surface area contributed by atoms with Gasteiger partial charge in [-0.15, -0.1) is 0 Å². The molecule has 240 valence electrons. The van der Waals surface area contributed by atoms with E-state index in [1.807, 2.05) is 24.7 Å². The number of nitrogens with two attached hydrogens (primary N) is 1. The van der Waals surface area contributed by atoms with E-state index in [9.17, 15) is 29.1 Å². The van der Waals surface area contributed by atoms with Crippen molar-refractivity contribution in [2.45, 2.75) is 53.3 Å². The largest absolute Gasteiger partial charge is 0.508 e. The molecule has 2 aromatic rings. The number of hydrogen-bond acceptors (Lipinski definition) is 8. The van der Waals surface area contributed by atoms with Crippen LogP contribution in [0.4, 0.5) is 24.0 Å². The van der Waals surface area contributed by atoms with Gasteiger partial charge in [0.05, 0.1) is 13.1 Å². The van der Waals surface area contributed by atoms with Crippen molar-refractivity contribution in [2.75, 3.05) is 6.54 Å². The van der Waals surface area contributed by atoms with Crippen LogP contribution >= 0.6 is 0 Å². The van der Waals surface area contributed by atoms with Crippen molar-refractivity contribution >= 4 is 30.2 Å². The number of nitrogens with one attached hydrogen (secondary N) is 6. The van der Waals surface area contributed by atoms with Crippen LogP contribution in [0, 0.1) is 5.92 Å². The Bertz CT molecular complexity index is 1270. The molecular weight excluding hydrogens is 576 g/mol. The average molecular weight is 617 g/mol. The number of phenolic OH excluding ortho intramolecular Hbond substituents is 1. The lowest BCUT2D eigenvalue weighted by atomic mass is 10.2. The molecule has 0 fully saturated rings. The summed E-state index contributed by atoms with van der Waals surface area (Å²) < 4.78 is 5.35. The molecule has 0 saturated carbocycles. The summed E-state index contributed by atoms with van der Waals surface area (Å²) in [5.41, 5.74) is 13.4. The van der Waals surface area contributed by atoms with Crippen molar-refractivity contribution < 1.29 is 33.8 Å². The van der Waals surface area contributed by atoms with Crippen LogP contribution in [-0.2, 0) is 17.8 Å². The lowest BCUT2D eigenvalue weighted by molar-refractivity contribution is 0.0134. The third-order valence-corrected chi connectivity index (χ3v) is 5.18. The number of hydrogen-bond donors (Lipinski definition) is 8. The van der Waals surface area contributed by atoms with Gasteiger partial charge in [-0.1, -0.05) is 56.3 Å². The number of hydrazine groups is 5. The summed E-state index contributed by atoms with van der Waals surface area (Å²) in [5, 5.41) is 12.0. The Morgan fingerprint density at radius 1 is 0.773 bits per heavy atom. The fraction of sp³-hybridized carbons (Fsp3) is 0.370. The summed E-state index contributed by atoms with van der Waals surface area (Å²) >= 11 is 0. The highest BCUT2D eigenvalue weighted by molar-refractivity contribution is 5.84. The normalized spacial score (nSPS) is 10.6. The van der Waals surface area contributed by atoms with Crippen LogP contribution < -0.4 is 38.4 Å². The van der Waals surface area contributed by atoms with Crippen molar-refractivity contribution in [3.63, 3.8) is 0 Å². The molecule has 2 rings (SSSR count). The predicted molar refractivity (Wildman–Crippen MR) is 158 cm³/mol. The van der Waals surface area contributed by atoms with Gasteiger partial charge in [-0.25, -0.2) is 72.4 Å². The van der Waals surface area contributed by atoms with E-state index in [0.717, 1.165) is 15.0 Å². The smallest absolute Gasteiger partial charge is 0.429 e. The highest BCUT2D eigenvalue weighted by Crippen LogP contribution is 2.11. The maximum atomic E-state index is 12.9. The van der Waals surface area contributed by atoms with Gasteiger partial charge in [0, 0.05) is 6.54 Å². The van der Waals surface area contributed by atoms with Crippen LogP contribution in [0.1, 0.15) is 45.7 Å². The molecule has 0 saturated heterocycles. The third-order valence-electron chi connectivity index (χ3n) is 5.18. The molecule has 0 radical (unpaired) electrons. The molecular formula is C27H40N10O7. The first-order chi connectivity index (χ1) is 20.6. The number of phenols is 1. The molecule has 0 spiro atoms. The second-order valence-electron chi connectivity index (χ2n) is 10.8. The van der Waals surface area contributed by atoms with Crippen molar-refractivity contribution in [1.29, 1.82) is 0 Å². The quantitative estimate of drug-likeness (QED) is 0.136. The molecule has 0 aliphatic heterocycles. The van der Waals surface area contributed by atoms with E-state index in [0.29, 0.717) is 11.1 Å². The Balaban J connectivity index is 1.97. The predicted octanol–water partition coefficient (Wildman–Crippen LogP) is 2.14. The van der Waals surface area contributed by atoms with Gasteiger partial charge in [-0.2, -0.15) is 0 Å². The molecule has 17 nitrogen and oxygen atoms in total. The van der Waals surface area contributed by atoms with Crippen LogP contribution in [0.5, 0.6) is 5.75 Å². The first-order valence-corrected chi connectivity index (χ1v) is 13.5. The van der Waals surface area contributed by atoms with Gasteiger partial charge in [0.25, 0.3) is 0 Å². The van der Waals surface area contributed by atoms with Gasteiger partial charge in [0.1, 0.15) is 11.4 Å². The molecule has 0 bridgehead atoms. The Morgan fingerprint density at radius 3 is 1.89 bits per heavy atom. The highest BCUT2D eigenvalue weighted by Gasteiger charge is 2.26. The number of carbonyl (C=O) groups is 5. The second-order valence-corrected chi connectivity index (χ2v) is 10.8. The lowest BCUT2D eigenvalue weighted by Gasteiger charge is -2.30. The maximum absolute atomic E-state index is 12.9. The summed E-state index contributed by atoms with van der Waals surface area (Å²) in [4.78, 5) is 62.8. The number of carbonyl (C=O) groups excluding carboxylic acids is 5. The molecule has 0 heterocycles. The van der Waals surface area contributed by atoms with E-state index in [1.54, 1.807) is 63.2 Å². The van der Waals surface area contributed by atoms with E-state index >= 15 is 0 Å². The average Bonchev–Trinajstić information content (AvgIpc) is 2.94. The molecule has 0 atom stereocenters. The van der Waals surface area contributed by atoms with Gasteiger partial charge < -0.3 is 9.84 Å². The zero-order valence-corrected chi connectivity index (χ0v) is 25.2. The zero-order chi connectivity index (χ0) is 32.9. The minimum absolute atomic E-state index is 0.0309. The molecule has 0 aliphatic carbocycles. The molecule has 44 heavy (non-hydrogen) atoms. The number of aromatic hydroxyl groups is 1. The fourth-order valence-corrected chi connectivity index (χ4v) is 3.31. The molecule has 17 heteroatoms. The number of rotatable bonds is 6. The van der Waals surface area contributed by atoms with E-state index in [1.165, 1.54) is 12.1 Å². The van der Waals surface area contributed by atoms with E-state index in [-0.39, 0.29) is 31.3 Å². The van der Waals surface area contributed by atoms with Crippen LogP contribution in [0.2, 0.25) is 0 Å². The first kappa shape index (κ1) is 34.7. The number of benzene rings is 2. The molecule has 0 aromatic heterocycles. The van der Waals surface area contributed by atoms with E-state index < -0.39 is 35.8 Å². The van der Waals surface area contributed by atoms with Crippen LogP contribution in [0.25, 0.3) is 0 Å². The monoisotopic (exact) mass is 616 g/mol.